The van der Waals surface area contributed by atoms with E-state index in [1.54, 1.807) is 12.5 Å². The Morgan fingerprint density at radius 3 is 2.68 bits per heavy atom. The third-order valence-electron chi connectivity index (χ3n) is 5.57. The van der Waals surface area contributed by atoms with Crippen LogP contribution in [0.15, 0.2) is 79.5 Å². The van der Waals surface area contributed by atoms with Crippen LogP contribution < -0.4 is 5.32 Å². The summed E-state index contributed by atoms with van der Waals surface area (Å²) in [5, 5.41) is 3.02. The van der Waals surface area contributed by atoms with Crippen molar-refractivity contribution in [3.8, 4) is 17.5 Å². The maximum absolute atomic E-state index is 13.1. The molecule has 3 aromatic heterocycles. The van der Waals surface area contributed by atoms with E-state index in [0.29, 0.717) is 5.56 Å². The number of hydrogen-bond acceptors (Lipinski definition) is 3. The first-order valence-electron chi connectivity index (χ1n) is 10.9. The predicted octanol–water partition coefficient (Wildman–Crippen LogP) is 5.10. The summed E-state index contributed by atoms with van der Waals surface area (Å²) in [6.07, 6.45) is 7.41. The number of carbonyl (C=O) groups excluding carboxylic acids is 1. The molecule has 2 aromatic carbocycles. The quantitative estimate of drug-likeness (QED) is 0.393. The van der Waals surface area contributed by atoms with Crippen LogP contribution in [0.3, 0.4) is 0 Å². The molecule has 0 bridgehead atoms. The first-order valence-corrected chi connectivity index (χ1v) is 10.9. The molecule has 1 amide bonds. The molecule has 0 fully saturated rings. The van der Waals surface area contributed by atoms with Crippen LogP contribution in [0, 0.1) is 32.6 Å². The zero-order valence-electron chi connectivity index (χ0n) is 19.2. The number of carbonyl (C=O) groups is 1. The molecule has 0 aliphatic rings. The van der Waals surface area contributed by atoms with Crippen LogP contribution in [-0.2, 0) is 0 Å². The van der Waals surface area contributed by atoms with Gasteiger partial charge in [0.15, 0.2) is 0 Å². The number of amides is 1. The van der Waals surface area contributed by atoms with Gasteiger partial charge in [0.05, 0.1) is 18.2 Å². The van der Waals surface area contributed by atoms with Crippen molar-refractivity contribution in [2.24, 2.45) is 0 Å². The van der Waals surface area contributed by atoms with Crippen molar-refractivity contribution in [2.45, 2.75) is 20.8 Å². The van der Waals surface area contributed by atoms with Crippen LogP contribution in [0.1, 0.15) is 38.4 Å². The Morgan fingerprint density at radius 1 is 0.971 bits per heavy atom. The Labute approximate surface area is 197 Å². The summed E-state index contributed by atoms with van der Waals surface area (Å²) >= 11 is 0. The van der Waals surface area contributed by atoms with Gasteiger partial charge in [-0.05, 0) is 80.3 Å². The predicted molar refractivity (Wildman–Crippen MR) is 133 cm³/mol. The average molecular weight is 446 g/mol. The van der Waals surface area contributed by atoms with Gasteiger partial charge in [-0.25, -0.2) is 9.97 Å². The molecule has 0 radical (unpaired) electrons. The Kier molecular flexibility index (Phi) is 5.44. The lowest BCUT2D eigenvalue weighted by Gasteiger charge is -2.11. The summed E-state index contributed by atoms with van der Waals surface area (Å²) in [5.41, 5.74) is 7.65. The number of hydrogen-bond donors (Lipinski definition) is 1. The van der Waals surface area contributed by atoms with Gasteiger partial charge in [-0.15, -0.1) is 0 Å². The number of nitrogens with one attached hydrogen (secondary N) is 1. The highest BCUT2D eigenvalue weighted by Crippen LogP contribution is 2.20. The summed E-state index contributed by atoms with van der Waals surface area (Å²) < 4.78 is 3.88. The maximum atomic E-state index is 13.1. The second-order valence-electron chi connectivity index (χ2n) is 8.29. The largest absolute Gasteiger partial charge is 0.322 e. The van der Waals surface area contributed by atoms with Crippen molar-refractivity contribution in [3.63, 3.8) is 0 Å². The van der Waals surface area contributed by atoms with Crippen molar-refractivity contribution in [1.82, 2.24) is 18.9 Å². The minimum atomic E-state index is -0.184. The van der Waals surface area contributed by atoms with Crippen LogP contribution in [0.25, 0.3) is 11.3 Å². The van der Waals surface area contributed by atoms with Gasteiger partial charge >= 0.3 is 0 Å². The molecule has 1 N–H and O–H groups in total. The molecule has 0 unspecified atom stereocenters. The van der Waals surface area contributed by atoms with Crippen molar-refractivity contribution >= 4 is 17.2 Å². The number of nitrogens with zero attached hydrogens (tertiary/aromatic N) is 4. The average Bonchev–Trinajstić information content (AvgIpc) is 3.44. The number of rotatable bonds is 3. The highest BCUT2D eigenvalue weighted by Gasteiger charge is 2.10. The molecule has 5 aromatic rings. The molecule has 0 atom stereocenters. The molecule has 0 saturated carbocycles. The van der Waals surface area contributed by atoms with E-state index in [-0.39, 0.29) is 5.91 Å². The van der Waals surface area contributed by atoms with Gasteiger partial charge in [0, 0.05) is 34.9 Å². The van der Waals surface area contributed by atoms with E-state index in [1.807, 2.05) is 90.7 Å². The fourth-order valence-corrected chi connectivity index (χ4v) is 3.80. The molecule has 0 saturated heterocycles. The first-order chi connectivity index (χ1) is 16.5. The molecule has 34 heavy (non-hydrogen) atoms. The summed E-state index contributed by atoms with van der Waals surface area (Å²) in [6.45, 7) is 5.94. The fourth-order valence-electron chi connectivity index (χ4n) is 3.80. The standard InChI is InChI=1S/C28H23N5O/c1-19-12-24(15-26(13-19)32-17-21(3)30-18-32)31-28(34)23-8-7-20(2)22(14-23)9-10-25-16-29-27-6-4-5-11-33(25)27/h4-8,11-18H,1-3H3,(H,31,34). The molecule has 6 heteroatoms. The Hall–Kier alpha value is -4.63. The van der Waals surface area contributed by atoms with Crippen molar-refractivity contribution in [1.29, 1.82) is 0 Å². The molecule has 6 nitrogen and oxygen atoms in total. The number of aromatic nitrogens is 4. The minimum Gasteiger partial charge on any atom is -0.322 e. The normalized spacial score (nSPS) is 10.7. The summed E-state index contributed by atoms with van der Waals surface area (Å²) in [5.74, 6) is 6.21. The first kappa shape index (κ1) is 21.2. The Balaban J connectivity index is 1.41. The Bertz CT molecular complexity index is 1600. The highest BCUT2D eigenvalue weighted by atomic mass is 16.1. The van der Waals surface area contributed by atoms with E-state index in [9.17, 15) is 4.79 Å². The molecule has 5 rings (SSSR count). The second-order valence-corrected chi connectivity index (χ2v) is 8.29. The summed E-state index contributed by atoms with van der Waals surface area (Å²) in [7, 11) is 0. The molecule has 3 heterocycles. The zero-order chi connectivity index (χ0) is 23.7. The number of anilines is 1. The van der Waals surface area contributed by atoms with Gasteiger partial charge in [-0.1, -0.05) is 18.1 Å². The second kappa shape index (κ2) is 8.72. The molecule has 0 spiro atoms. The summed E-state index contributed by atoms with van der Waals surface area (Å²) in [4.78, 5) is 21.7. The van der Waals surface area contributed by atoms with E-state index < -0.39 is 0 Å². The van der Waals surface area contributed by atoms with Gasteiger partial charge in [-0.3, -0.25) is 9.20 Å². The van der Waals surface area contributed by atoms with Crippen LogP contribution in [0.2, 0.25) is 0 Å². The molecular weight excluding hydrogens is 422 g/mol. The lowest BCUT2D eigenvalue weighted by molar-refractivity contribution is 0.102. The topological polar surface area (TPSA) is 64.2 Å². The van der Waals surface area contributed by atoms with E-state index >= 15 is 0 Å². The van der Waals surface area contributed by atoms with Crippen LogP contribution in [0.4, 0.5) is 5.69 Å². The third-order valence-corrected chi connectivity index (χ3v) is 5.57. The van der Waals surface area contributed by atoms with Crippen LogP contribution in [-0.4, -0.2) is 24.8 Å². The lowest BCUT2D eigenvalue weighted by atomic mass is 10.0. The Morgan fingerprint density at radius 2 is 1.85 bits per heavy atom. The van der Waals surface area contributed by atoms with Crippen LogP contribution in [0.5, 0.6) is 0 Å². The van der Waals surface area contributed by atoms with Crippen molar-refractivity contribution in [2.75, 3.05) is 5.32 Å². The van der Waals surface area contributed by atoms with E-state index in [2.05, 4.69) is 33.2 Å². The maximum Gasteiger partial charge on any atom is 0.255 e. The third kappa shape index (κ3) is 4.32. The molecular formula is C28H23N5O. The van der Waals surface area contributed by atoms with Crippen molar-refractivity contribution in [3.05, 3.63) is 113 Å². The van der Waals surface area contributed by atoms with E-state index in [1.165, 1.54) is 0 Å². The van der Waals surface area contributed by atoms with Gasteiger partial charge < -0.3 is 9.88 Å². The van der Waals surface area contributed by atoms with E-state index in [4.69, 9.17) is 0 Å². The monoisotopic (exact) mass is 445 g/mol. The summed E-state index contributed by atoms with van der Waals surface area (Å²) in [6, 6.07) is 17.3. The van der Waals surface area contributed by atoms with E-state index in [0.717, 1.165) is 45.1 Å². The van der Waals surface area contributed by atoms with Gasteiger partial charge in [0.2, 0.25) is 0 Å². The van der Waals surface area contributed by atoms with Crippen LogP contribution >= 0.6 is 0 Å². The molecule has 0 aliphatic heterocycles. The number of imidazole rings is 2. The van der Waals surface area contributed by atoms with Crippen molar-refractivity contribution < 1.29 is 4.79 Å². The number of fused-ring (bicyclic) bond motifs is 1. The number of pyridine rings is 1. The van der Waals surface area contributed by atoms with Gasteiger partial charge in [-0.2, -0.15) is 0 Å². The number of aryl methyl sites for hydroxylation is 3. The minimum absolute atomic E-state index is 0.184. The number of benzene rings is 2. The molecule has 166 valence electrons. The molecule has 0 aliphatic carbocycles. The lowest BCUT2D eigenvalue weighted by Crippen LogP contribution is -2.12. The van der Waals surface area contributed by atoms with Gasteiger partial charge in [0.25, 0.3) is 5.91 Å². The van der Waals surface area contributed by atoms with Gasteiger partial charge in [0.1, 0.15) is 11.3 Å². The highest BCUT2D eigenvalue weighted by molar-refractivity contribution is 6.04. The zero-order valence-corrected chi connectivity index (χ0v) is 19.2. The smallest absolute Gasteiger partial charge is 0.255 e. The fraction of sp³-hybridized carbons (Fsp3) is 0.107. The SMILES string of the molecule is Cc1cc(NC(=O)c2ccc(C)c(C#Cc3cnc4ccccn34)c2)cc(-n2cnc(C)c2)c1.